The molecule has 1 aliphatic heterocycles. The summed E-state index contributed by atoms with van der Waals surface area (Å²) >= 11 is 1.75. The van der Waals surface area contributed by atoms with Gasteiger partial charge in [-0.05, 0) is 30.2 Å². The molecule has 0 aromatic heterocycles. The Bertz CT molecular complexity index is 466. The number of rotatable bonds is 3. The average Bonchev–Trinajstić information content (AvgIpc) is 2.38. The lowest BCUT2D eigenvalue weighted by Gasteiger charge is -2.06. The van der Waals surface area contributed by atoms with Gasteiger partial charge < -0.3 is 0 Å². The number of nitro benzene ring substituents is 1. The van der Waals surface area contributed by atoms with Crippen LogP contribution in [0.1, 0.15) is 12.0 Å². The van der Waals surface area contributed by atoms with Gasteiger partial charge in [-0.3, -0.25) is 15.1 Å². The Morgan fingerprint density at radius 1 is 1.29 bits per heavy atom. The Morgan fingerprint density at radius 2 is 2.06 bits per heavy atom. The van der Waals surface area contributed by atoms with Gasteiger partial charge in [0.2, 0.25) is 0 Å². The largest absolute Gasteiger partial charge is 0.278 e. The highest BCUT2D eigenvalue weighted by Crippen LogP contribution is 2.16. The van der Waals surface area contributed by atoms with Crippen LogP contribution in [0, 0.1) is 10.1 Å². The fraction of sp³-hybridized carbons (Fsp3) is 0.250. The molecule has 0 bridgehead atoms. The summed E-state index contributed by atoms with van der Waals surface area (Å²) in [4.78, 5) is 14.5. The summed E-state index contributed by atoms with van der Waals surface area (Å²) in [6.45, 7) is 0.896. The number of benzene rings is 1. The smallest absolute Gasteiger partial charge is 0.269 e. The van der Waals surface area contributed by atoms with Crippen molar-refractivity contribution >= 4 is 28.6 Å². The first-order valence-electron chi connectivity index (χ1n) is 5.35. The SMILES string of the molecule is O=[N+]([O-])c1ccc(C=CC2=NCCCS2)cc1. The molecule has 5 heteroatoms. The van der Waals surface area contributed by atoms with Crippen molar-refractivity contribution < 1.29 is 4.92 Å². The zero-order valence-corrected chi connectivity index (χ0v) is 10.0. The van der Waals surface area contributed by atoms with Crippen molar-refractivity contribution in [2.24, 2.45) is 4.99 Å². The Hall–Kier alpha value is -1.62. The first-order chi connectivity index (χ1) is 8.25. The predicted molar refractivity (Wildman–Crippen MR) is 71.5 cm³/mol. The molecular formula is C12H12N2O2S. The van der Waals surface area contributed by atoms with Crippen LogP contribution >= 0.6 is 11.8 Å². The summed E-state index contributed by atoms with van der Waals surface area (Å²) in [5, 5.41) is 11.5. The van der Waals surface area contributed by atoms with Crippen LogP contribution in [0.3, 0.4) is 0 Å². The van der Waals surface area contributed by atoms with E-state index in [-0.39, 0.29) is 5.69 Å². The summed E-state index contributed by atoms with van der Waals surface area (Å²) in [6.07, 6.45) is 5.03. The summed E-state index contributed by atoms with van der Waals surface area (Å²) < 4.78 is 0. The van der Waals surface area contributed by atoms with Gasteiger partial charge in [0.15, 0.2) is 0 Å². The maximum absolute atomic E-state index is 10.5. The first-order valence-corrected chi connectivity index (χ1v) is 6.34. The van der Waals surface area contributed by atoms with E-state index in [0.717, 1.165) is 29.3 Å². The zero-order chi connectivity index (χ0) is 12.1. The van der Waals surface area contributed by atoms with Gasteiger partial charge in [-0.2, -0.15) is 0 Å². The van der Waals surface area contributed by atoms with Crippen LogP contribution in [-0.2, 0) is 0 Å². The molecular weight excluding hydrogens is 236 g/mol. The maximum Gasteiger partial charge on any atom is 0.269 e. The van der Waals surface area contributed by atoms with E-state index in [1.165, 1.54) is 12.1 Å². The number of nitro groups is 1. The lowest BCUT2D eigenvalue weighted by Crippen LogP contribution is -2.00. The first kappa shape index (κ1) is 11.9. The molecule has 0 spiro atoms. The molecule has 1 aliphatic rings. The van der Waals surface area contributed by atoms with Gasteiger partial charge in [0.05, 0.1) is 9.97 Å². The third-order valence-electron chi connectivity index (χ3n) is 2.34. The third kappa shape index (κ3) is 3.42. The number of hydrogen-bond acceptors (Lipinski definition) is 4. The molecule has 17 heavy (non-hydrogen) atoms. The fourth-order valence-electron chi connectivity index (χ4n) is 1.45. The lowest BCUT2D eigenvalue weighted by molar-refractivity contribution is -0.384. The van der Waals surface area contributed by atoms with Crippen LogP contribution in [0.2, 0.25) is 0 Å². The molecule has 1 aromatic carbocycles. The van der Waals surface area contributed by atoms with Crippen LogP contribution in [0.4, 0.5) is 5.69 Å². The summed E-state index contributed by atoms with van der Waals surface area (Å²) in [5.41, 5.74) is 1.07. The second-order valence-corrected chi connectivity index (χ2v) is 4.72. The zero-order valence-electron chi connectivity index (χ0n) is 9.20. The number of aliphatic imine (C=N–C) groups is 1. The Labute approximate surface area is 104 Å². The second-order valence-electron chi connectivity index (χ2n) is 3.60. The molecule has 0 aliphatic carbocycles. The van der Waals surface area contributed by atoms with Gasteiger partial charge in [0.25, 0.3) is 5.69 Å². The molecule has 1 heterocycles. The van der Waals surface area contributed by atoms with Crippen LogP contribution < -0.4 is 0 Å². The topological polar surface area (TPSA) is 55.5 Å². The monoisotopic (exact) mass is 248 g/mol. The minimum Gasteiger partial charge on any atom is -0.278 e. The van der Waals surface area contributed by atoms with Gasteiger partial charge in [0, 0.05) is 24.4 Å². The van der Waals surface area contributed by atoms with Gasteiger partial charge in [-0.1, -0.05) is 6.08 Å². The quantitative estimate of drug-likeness (QED) is 0.610. The molecule has 0 N–H and O–H groups in total. The number of nitrogens with zero attached hydrogens (tertiary/aromatic N) is 2. The van der Waals surface area contributed by atoms with E-state index in [1.54, 1.807) is 23.9 Å². The van der Waals surface area contributed by atoms with Crippen molar-refractivity contribution in [3.8, 4) is 0 Å². The molecule has 0 unspecified atom stereocenters. The van der Waals surface area contributed by atoms with E-state index in [1.807, 2.05) is 12.2 Å². The van der Waals surface area contributed by atoms with Crippen LogP contribution in [0.5, 0.6) is 0 Å². The summed E-state index contributed by atoms with van der Waals surface area (Å²) in [7, 11) is 0. The normalized spacial score (nSPS) is 15.9. The van der Waals surface area contributed by atoms with E-state index >= 15 is 0 Å². The fourth-order valence-corrected chi connectivity index (χ4v) is 2.28. The Kier molecular flexibility index (Phi) is 3.93. The number of thioether (sulfide) groups is 1. The van der Waals surface area contributed by atoms with Crippen LogP contribution in [0.25, 0.3) is 6.08 Å². The Balaban J connectivity index is 2.05. The third-order valence-corrected chi connectivity index (χ3v) is 3.40. The van der Waals surface area contributed by atoms with Gasteiger partial charge in [-0.15, -0.1) is 11.8 Å². The number of non-ortho nitro benzene ring substituents is 1. The van der Waals surface area contributed by atoms with Crippen LogP contribution in [-0.4, -0.2) is 22.3 Å². The minimum atomic E-state index is -0.394. The van der Waals surface area contributed by atoms with E-state index in [9.17, 15) is 10.1 Å². The Morgan fingerprint density at radius 3 is 2.65 bits per heavy atom. The van der Waals surface area contributed by atoms with Gasteiger partial charge in [0.1, 0.15) is 0 Å². The summed E-state index contributed by atoms with van der Waals surface area (Å²) in [5.74, 6) is 1.11. The van der Waals surface area contributed by atoms with Gasteiger partial charge >= 0.3 is 0 Å². The highest BCUT2D eigenvalue weighted by Gasteiger charge is 2.03. The predicted octanol–water partition coefficient (Wildman–Crippen LogP) is 3.14. The van der Waals surface area contributed by atoms with Crippen molar-refractivity contribution in [2.75, 3.05) is 12.3 Å². The molecule has 1 aromatic rings. The van der Waals surface area contributed by atoms with E-state index in [0.29, 0.717) is 0 Å². The van der Waals surface area contributed by atoms with Crippen LogP contribution in [0.15, 0.2) is 35.3 Å². The number of hydrogen-bond donors (Lipinski definition) is 0. The molecule has 4 nitrogen and oxygen atoms in total. The van der Waals surface area contributed by atoms with Crippen molar-refractivity contribution in [3.63, 3.8) is 0 Å². The van der Waals surface area contributed by atoms with E-state index in [4.69, 9.17) is 0 Å². The van der Waals surface area contributed by atoms with Crippen molar-refractivity contribution in [1.29, 1.82) is 0 Å². The molecule has 0 saturated carbocycles. The van der Waals surface area contributed by atoms with Gasteiger partial charge in [-0.25, -0.2) is 0 Å². The van der Waals surface area contributed by atoms with Crippen molar-refractivity contribution in [2.45, 2.75) is 6.42 Å². The summed E-state index contributed by atoms with van der Waals surface area (Å²) in [6, 6.07) is 6.50. The maximum atomic E-state index is 10.5. The highest BCUT2D eigenvalue weighted by molar-refractivity contribution is 8.14. The molecule has 0 atom stereocenters. The lowest BCUT2D eigenvalue weighted by atomic mass is 10.2. The van der Waals surface area contributed by atoms with Crippen molar-refractivity contribution in [3.05, 3.63) is 46.0 Å². The minimum absolute atomic E-state index is 0.117. The standard InChI is InChI=1S/C12H12N2O2S/c15-14(16)11-5-2-10(3-6-11)4-7-12-13-8-1-9-17-12/h2-7H,1,8-9H2. The molecule has 0 radical (unpaired) electrons. The molecule has 0 fully saturated rings. The second kappa shape index (κ2) is 5.63. The molecule has 2 rings (SSSR count). The van der Waals surface area contributed by atoms with E-state index < -0.39 is 4.92 Å². The average molecular weight is 248 g/mol. The van der Waals surface area contributed by atoms with E-state index in [2.05, 4.69) is 4.99 Å². The highest BCUT2D eigenvalue weighted by atomic mass is 32.2. The molecule has 88 valence electrons. The van der Waals surface area contributed by atoms with Crippen molar-refractivity contribution in [1.82, 2.24) is 0 Å². The molecule has 0 saturated heterocycles. The molecule has 0 amide bonds.